The largest absolute Gasteiger partial charge is 0.445 e. The zero-order valence-corrected chi connectivity index (χ0v) is 14.6. The predicted octanol–water partition coefficient (Wildman–Crippen LogP) is 3.84. The Hall–Kier alpha value is -2.99. The zero-order valence-electron chi connectivity index (χ0n) is 13.8. The first kappa shape index (κ1) is 16.5. The summed E-state index contributed by atoms with van der Waals surface area (Å²) in [6.45, 7) is 0.903. The smallest absolute Gasteiger partial charge is 0.410 e. The van der Waals surface area contributed by atoms with Crippen LogP contribution in [0.1, 0.15) is 16.8 Å². The average Bonchev–Trinajstić information content (AvgIpc) is 3.12. The third kappa shape index (κ3) is 3.36. The summed E-state index contributed by atoms with van der Waals surface area (Å²) >= 11 is 6.31. The molecule has 2 aromatic heterocycles. The van der Waals surface area contributed by atoms with Crippen LogP contribution in [-0.4, -0.2) is 25.9 Å². The molecular formula is C19H15ClN4O2. The van der Waals surface area contributed by atoms with Gasteiger partial charge >= 0.3 is 6.09 Å². The molecule has 3 aromatic rings. The maximum Gasteiger partial charge on any atom is 0.410 e. The van der Waals surface area contributed by atoms with E-state index >= 15 is 0 Å². The van der Waals surface area contributed by atoms with Crippen LogP contribution >= 0.6 is 11.6 Å². The van der Waals surface area contributed by atoms with Crippen molar-refractivity contribution in [2.24, 2.45) is 0 Å². The van der Waals surface area contributed by atoms with Gasteiger partial charge in [-0.15, -0.1) is 0 Å². The highest BCUT2D eigenvalue weighted by atomic mass is 35.5. The molecule has 1 aliphatic heterocycles. The number of hydrogen-bond acceptors (Lipinski definition) is 5. The van der Waals surface area contributed by atoms with Gasteiger partial charge in [0, 0.05) is 11.8 Å². The number of pyridine rings is 1. The van der Waals surface area contributed by atoms with E-state index in [-0.39, 0.29) is 6.61 Å². The zero-order chi connectivity index (χ0) is 17.9. The first-order valence-electron chi connectivity index (χ1n) is 8.13. The van der Waals surface area contributed by atoms with E-state index in [9.17, 15) is 4.79 Å². The fraction of sp³-hybridized carbons (Fsp3) is 0.158. The van der Waals surface area contributed by atoms with Crippen molar-refractivity contribution >= 4 is 17.7 Å². The predicted molar refractivity (Wildman–Crippen MR) is 96.1 cm³/mol. The second kappa shape index (κ2) is 7.09. The molecule has 6 nitrogen and oxygen atoms in total. The Morgan fingerprint density at radius 1 is 1.08 bits per heavy atom. The van der Waals surface area contributed by atoms with Crippen LogP contribution in [0.4, 0.5) is 4.79 Å². The highest BCUT2D eigenvalue weighted by Crippen LogP contribution is 2.29. The van der Waals surface area contributed by atoms with Gasteiger partial charge in [-0.05, 0) is 17.7 Å². The van der Waals surface area contributed by atoms with Crippen LogP contribution in [0.15, 0.2) is 54.7 Å². The topological polar surface area (TPSA) is 68.2 Å². The number of fused-ring (bicyclic) bond motifs is 1. The van der Waals surface area contributed by atoms with E-state index < -0.39 is 6.09 Å². The molecule has 130 valence electrons. The van der Waals surface area contributed by atoms with E-state index in [1.165, 1.54) is 0 Å². The van der Waals surface area contributed by atoms with Crippen molar-refractivity contribution in [2.75, 3.05) is 0 Å². The molecule has 1 amide bonds. The third-order valence-corrected chi connectivity index (χ3v) is 4.40. The summed E-state index contributed by atoms with van der Waals surface area (Å²) in [6.07, 6.45) is 1.27. The van der Waals surface area contributed by atoms with E-state index in [0.29, 0.717) is 29.8 Å². The quantitative estimate of drug-likeness (QED) is 0.659. The van der Waals surface area contributed by atoms with Crippen molar-refractivity contribution in [3.05, 3.63) is 76.7 Å². The second-order valence-electron chi connectivity index (χ2n) is 5.87. The lowest BCUT2D eigenvalue weighted by atomic mass is 10.2. The first-order valence-corrected chi connectivity index (χ1v) is 8.51. The van der Waals surface area contributed by atoms with Gasteiger partial charge in [-0.2, -0.15) is 0 Å². The molecule has 26 heavy (non-hydrogen) atoms. The molecule has 0 unspecified atom stereocenters. The molecule has 0 N–H and O–H groups in total. The Kier molecular flexibility index (Phi) is 4.50. The lowest BCUT2D eigenvalue weighted by molar-refractivity contribution is 0.0953. The van der Waals surface area contributed by atoms with Crippen molar-refractivity contribution in [3.8, 4) is 11.5 Å². The van der Waals surface area contributed by atoms with Gasteiger partial charge in [-0.25, -0.2) is 14.8 Å². The minimum Gasteiger partial charge on any atom is -0.445 e. The second-order valence-corrected chi connectivity index (χ2v) is 6.23. The lowest BCUT2D eigenvalue weighted by Crippen LogP contribution is -2.26. The minimum absolute atomic E-state index is 0.227. The number of benzene rings is 1. The number of rotatable bonds is 3. The number of ether oxygens (including phenoxy) is 1. The normalized spacial score (nSPS) is 12.7. The van der Waals surface area contributed by atoms with Crippen LogP contribution < -0.4 is 0 Å². The standard InChI is InChI=1S/C19H15ClN4O2/c20-17-14-10-24(19(25)26-12-13-6-2-1-3-7-13)11-16(14)22-18(23-17)15-8-4-5-9-21-15/h1-9H,10-12H2. The summed E-state index contributed by atoms with van der Waals surface area (Å²) in [5.74, 6) is 0.453. The number of halogens is 1. The van der Waals surface area contributed by atoms with Crippen LogP contribution in [0.2, 0.25) is 5.15 Å². The fourth-order valence-corrected chi connectivity index (χ4v) is 3.01. The average molecular weight is 367 g/mol. The molecule has 1 aromatic carbocycles. The monoisotopic (exact) mass is 366 g/mol. The molecule has 0 radical (unpaired) electrons. The number of carbonyl (C=O) groups is 1. The molecule has 7 heteroatoms. The number of hydrogen-bond donors (Lipinski definition) is 0. The molecular weight excluding hydrogens is 352 g/mol. The van der Waals surface area contributed by atoms with Gasteiger partial charge in [0.05, 0.1) is 18.8 Å². The summed E-state index contributed by atoms with van der Waals surface area (Å²) < 4.78 is 5.38. The van der Waals surface area contributed by atoms with Gasteiger partial charge in [0.25, 0.3) is 0 Å². The molecule has 3 heterocycles. The number of aromatic nitrogens is 3. The van der Waals surface area contributed by atoms with Crippen molar-refractivity contribution in [3.63, 3.8) is 0 Å². The van der Waals surface area contributed by atoms with Crippen LogP contribution in [0.3, 0.4) is 0 Å². The number of nitrogens with zero attached hydrogens (tertiary/aromatic N) is 4. The molecule has 0 saturated carbocycles. The van der Waals surface area contributed by atoms with Crippen LogP contribution in [0.5, 0.6) is 0 Å². The van der Waals surface area contributed by atoms with E-state index in [1.54, 1.807) is 11.1 Å². The third-order valence-electron chi connectivity index (χ3n) is 4.09. The molecule has 0 atom stereocenters. The minimum atomic E-state index is -0.401. The molecule has 1 aliphatic rings. The van der Waals surface area contributed by atoms with Gasteiger partial charge in [-0.3, -0.25) is 9.88 Å². The Labute approximate surface area is 155 Å². The molecule has 0 spiro atoms. The van der Waals surface area contributed by atoms with Crippen molar-refractivity contribution in [2.45, 2.75) is 19.7 Å². The molecule has 0 aliphatic carbocycles. The number of carbonyl (C=O) groups excluding carboxylic acids is 1. The maximum atomic E-state index is 12.4. The summed E-state index contributed by atoms with van der Waals surface area (Å²) in [4.78, 5) is 27.0. The summed E-state index contributed by atoms with van der Waals surface area (Å²) in [7, 11) is 0. The number of amides is 1. The summed E-state index contributed by atoms with van der Waals surface area (Å²) in [5.41, 5.74) is 3.06. The first-order chi connectivity index (χ1) is 12.7. The SMILES string of the molecule is O=C(OCc1ccccc1)N1Cc2nc(-c3ccccn3)nc(Cl)c2C1. The van der Waals surface area contributed by atoms with Crippen LogP contribution in [0.25, 0.3) is 11.5 Å². The van der Waals surface area contributed by atoms with Crippen molar-refractivity contribution < 1.29 is 9.53 Å². The Morgan fingerprint density at radius 2 is 1.88 bits per heavy atom. The lowest BCUT2D eigenvalue weighted by Gasteiger charge is -2.15. The molecule has 0 fully saturated rings. The Balaban J connectivity index is 1.48. The Bertz CT molecular complexity index is 935. The van der Waals surface area contributed by atoms with Crippen LogP contribution in [-0.2, 0) is 24.4 Å². The molecule has 0 bridgehead atoms. The van der Waals surface area contributed by atoms with E-state index in [4.69, 9.17) is 16.3 Å². The van der Waals surface area contributed by atoms with Gasteiger partial charge in [0.1, 0.15) is 17.5 Å². The highest BCUT2D eigenvalue weighted by molar-refractivity contribution is 6.30. The van der Waals surface area contributed by atoms with E-state index in [0.717, 1.165) is 16.8 Å². The summed E-state index contributed by atoms with van der Waals surface area (Å²) in [5, 5.41) is 0.342. The maximum absolute atomic E-state index is 12.4. The van der Waals surface area contributed by atoms with Gasteiger partial charge in [0.15, 0.2) is 5.82 Å². The van der Waals surface area contributed by atoms with E-state index in [1.807, 2.05) is 48.5 Å². The van der Waals surface area contributed by atoms with Gasteiger partial charge in [0.2, 0.25) is 0 Å². The van der Waals surface area contributed by atoms with Crippen molar-refractivity contribution in [1.82, 2.24) is 19.9 Å². The van der Waals surface area contributed by atoms with Gasteiger partial charge < -0.3 is 4.74 Å². The van der Waals surface area contributed by atoms with Gasteiger partial charge in [-0.1, -0.05) is 48.0 Å². The molecule has 0 saturated heterocycles. The Morgan fingerprint density at radius 3 is 2.65 bits per heavy atom. The van der Waals surface area contributed by atoms with E-state index in [2.05, 4.69) is 15.0 Å². The van der Waals surface area contributed by atoms with Crippen molar-refractivity contribution in [1.29, 1.82) is 0 Å². The fourth-order valence-electron chi connectivity index (χ4n) is 2.76. The summed E-state index contributed by atoms with van der Waals surface area (Å²) in [6, 6.07) is 15.1. The van der Waals surface area contributed by atoms with Crippen LogP contribution in [0, 0.1) is 0 Å². The molecule has 4 rings (SSSR count). The highest BCUT2D eigenvalue weighted by Gasteiger charge is 2.29.